The summed E-state index contributed by atoms with van der Waals surface area (Å²) >= 11 is 0. The largest absolute Gasteiger partial charge is 0.487 e. The third-order valence-electron chi connectivity index (χ3n) is 6.34. The highest BCUT2D eigenvalue weighted by molar-refractivity contribution is 6.36. The van der Waals surface area contributed by atoms with E-state index in [1.807, 2.05) is 24.3 Å². The Balaban J connectivity index is 1.23. The Morgan fingerprint density at radius 2 is 1.81 bits per heavy atom. The van der Waals surface area contributed by atoms with Crippen LogP contribution in [0.5, 0.6) is 0 Å². The quantitative estimate of drug-likeness (QED) is 0.513. The summed E-state index contributed by atoms with van der Waals surface area (Å²) in [5, 5.41) is 11.7. The molecular formula is C25H29N3O4. The zero-order valence-corrected chi connectivity index (χ0v) is 18.2. The summed E-state index contributed by atoms with van der Waals surface area (Å²) in [6, 6.07) is 14.2. The van der Waals surface area contributed by atoms with Crippen molar-refractivity contribution in [3.05, 3.63) is 64.7 Å². The smallest absolute Gasteiger partial charge is 0.260 e. The van der Waals surface area contributed by atoms with Gasteiger partial charge in [-0.2, -0.15) is 0 Å². The van der Waals surface area contributed by atoms with Gasteiger partial charge in [0.1, 0.15) is 12.4 Å². The lowest BCUT2D eigenvalue weighted by Crippen LogP contribution is -2.46. The van der Waals surface area contributed by atoms with Crippen molar-refractivity contribution in [2.75, 3.05) is 57.9 Å². The molecule has 3 aliphatic rings. The number of para-hydroxylation sites is 1. The van der Waals surface area contributed by atoms with Gasteiger partial charge < -0.3 is 19.9 Å². The molecule has 0 aliphatic carbocycles. The number of nitrogens with one attached hydrogen (secondary N) is 1. The van der Waals surface area contributed by atoms with E-state index in [1.165, 1.54) is 5.56 Å². The molecule has 3 heterocycles. The number of carbonyl (C=O) groups excluding carboxylic acids is 1. The van der Waals surface area contributed by atoms with E-state index >= 15 is 0 Å². The maximum atomic E-state index is 12.6. The molecule has 0 radical (unpaired) electrons. The normalized spacial score (nSPS) is 20.7. The number of rotatable bonds is 7. The van der Waals surface area contributed by atoms with Gasteiger partial charge in [0.15, 0.2) is 0 Å². The van der Waals surface area contributed by atoms with E-state index in [-0.39, 0.29) is 12.5 Å². The molecule has 0 aromatic heterocycles. The molecule has 1 fully saturated rings. The Bertz CT molecular complexity index is 1030. The number of fused-ring (bicyclic) bond motifs is 2. The molecule has 0 atom stereocenters. The summed E-state index contributed by atoms with van der Waals surface area (Å²) in [6.45, 7) is 7.61. The highest BCUT2D eigenvalue weighted by Gasteiger charge is 2.32. The van der Waals surface area contributed by atoms with Gasteiger partial charge in [0.2, 0.25) is 0 Å². The van der Waals surface area contributed by atoms with Crippen LogP contribution >= 0.6 is 0 Å². The fraction of sp³-hybridized carbons (Fsp3) is 0.400. The Kier molecular flexibility index (Phi) is 6.23. The summed E-state index contributed by atoms with van der Waals surface area (Å²) in [5.74, 6) is 0.587. The predicted octanol–water partition coefficient (Wildman–Crippen LogP) is 2.16. The van der Waals surface area contributed by atoms with Crippen LogP contribution in [0.4, 0.5) is 5.69 Å². The van der Waals surface area contributed by atoms with Crippen LogP contribution in [-0.4, -0.2) is 73.4 Å². The van der Waals surface area contributed by atoms with Crippen molar-refractivity contribution in [1.82, 2.24) is 9.80 Å². The molecule has 1 amide bonds. The topological polar surface area (TPSA) is 74.3 Å². The SMILES string of the molecule is O=C1Nc2ccccc2C1=C1OCc2cc(CN3CCN(CCOCCO)CC3)ccc21. The monoisotopic (exact) mass is 435 g/mol. The third-order valence-corrected chi connectivity index (χ3v) is 6.34. The summed E-state index contributed by atoms with van der Waals surface area (Å²) in [5.41, 5.74) is 5.81. The van der Waals surface area contributed by atoms with Crippen molar-refractivity contribution in [2.45, 2.75) is 13.2 Å². The number of nitrogens with zero attached hydrogens (tertiary/aromatic N) is 2. The van der Waals surface area contributed by atoms with E-state index in [0.717, 1.165) is 61.6 Å². The molecule has 0 unspecified atom stereocenters. The number of anilines is 1. The number of benzene rings is 2. The minimum atomic E-state index is -0.0993. The minimum absolute atomic E-state index is 0.0820. The maximum Gasteiger partial charge on any atom is 0.260 e. The minimum Gasteiger partial charge on any atom is -0.487 e. The van der Waals surface area contributed by atoms with E-state index in [2.05, 4.69) is 33.3 Å². The average molecular weight is 436 g/mol. The first-order valence-electron chi connectivity index (χ1n) is 11.3. The Labute approximate surface area is 188 Å². The molecule has 7 nitrogen and oxygen atoms in total. The molecule has 1 saturated heterocycles. The van der Waals surface area contributed by atoms with E-state index < -0.39 is 0 Å². The van der Waals surface area contributed by atoms with Gasteiger partial charge in [0.25, 0.3) is 5.91 Å². The highest BCUT2D eigenvalue weighted by atomic mass is 16.5. The van der Waals surface area contributed by atoms with Crippen LogP contribution in [0.3, 0.4) is 0 Å². The Hall–Kier alpha value is -2.71. The van der Waals surface area contributed by atoms with Crippen LogP contribution in [0.2, 0.25) is 0 Å². The van der Waals surface area contributed by atoms with Gasteiger partial charge in [0, 0.05) is 61.6 Å². The van der Waals surface area contributed by atoms with Gasteiger partial charge in [0.05, 0.1) is 25.4 Å². The highest BCUT2D eigenvalue weighted by Crippen LogP contribution is 2.41. The number of hydrogen-bond donors (Lipinski definition) is 2. The molecule has 0 saturated carbocycles. The van der Waals surface area contributed by atoms with Crippen LogP contribution in [0.25, 0.3) is 11.3 Å². The van der Waals surface area contributed by atoms with Crippen LogP contribution in [0.15, 0.2) is 42.5 Å². The van der Waals surface area contributed by atoms with E-state index in [1.54, 1.807) is 0 Å². The lowest BCUT2D eigenvalue weighted by Gasteiger charge is -2.34. The van der Waals surface area contributed by atoms with Crippen LogP contribution in [-0.2, 0) is 27.4 Å². The van der Waals surface area contributed by atoms with Gasteiger partial charge in [-0.1, -0.05) is 36.4 Å². The van der Waals surface area contributed by atoms with Crippen molar-refractivity contribution >= 4 is 22.9 Å². The number of ether oxygens (including phenoxy) is 2. The molecule has 3 aliphatic heterocycles. The number of carbonyl (C=O) groups is 1. The standard InChI is InChI=1S/C25H29N3O4/c29-12-14-31-13-11-27-7-9-28(10-8-27)16-18-5-6-20-19(15-18)17-32-24(20)23-21-3-1-2-4-22(21)26-25(23)30/h1-6,15,29H,7-14,16-17H2,(H,26,30). The number of amides is 1. The molecule has 168 valence electrons. The molecule has 0 spiro atoms. The zero-order chi connectivity index (χ0) is 21.9. The van der Waals surface area contributed by atoms with Crippen molar-refractivity contribution in [2.24, 2.45) is 0 Å². The first kappa shape index (κ1) is 21.2. The average Bonchev–Trinajstić information content (AvgIpc) is 3.37. The van der Waals surface area contributed by atoms with Gasteiger partial charge >= 0.3 is 0 Å². The van der Waals surface area contributed by atoms with E-state index in [0.29, 0.717) is 31.2 Å². The molecule has 2 aromatic rings. The van der Waals surface area contributed by atoms with Crippen molar-refractivity contribution < 1.29 is 19.4 Å². The summed E-state index contributed by atoms with van der Waals surface area (Å²) in [6.07, 6.45) is 0. The molecule has 0 bridgehead atoms. The second-order valence-electron chi connectivity index (χ2n) is 8.44. The van der Waals surface area contributed by atoms with Crippen molar-refractivity contribution in [3.8, 4) is 0 Å². The van der Waals surface area contributed by atoms with Gasteiger partial charge in [-0.25, -0.2) is 0 Å². The number of piperazine rings is 1. The fourth-order valence-electron chi connectivity index (χ4n) is 4.65. The fourth-order valence-corrected chi connectivity index (χ4v) is 4.65. The predicted molar refractivity (Wildman–Crippen MR) is 123 cm³/mol. The molecule has 2 N–H and O–H groups in total. The summed E-state index contributed by atoms with van der Waals surface area (Å²) in [4.78, 5) is 17.5. The molecular weight excluding hydrogens is 406 g/mol. The molecule has 2 aromatic carbocycles. The third kappa shape index (κ3) is 4.29. The van der Waals surface area contributed by atoms with Gasteiger partial charge in [-0.15, -0.1) is 0 Å². The summed E-state index contributed by atoms with van der Waals surface area (Å²) in [7, 11) is 0. The first-order valence-corrected chi connectivity index (χ1v) is 11.3. The van der Waals surface area contributed by atoms with Gasteiger partial charge in [-0.05, 0) is 11.6 Å². The molecule has 32 heavy (non-hydrogen) atoms. The van der Waals surface area contributed by atoms with Crippen LogP contribution in [0.1, 0.15) is 22.3 Å². The Morgan fingerprint density at radius 1 is 1.00 bits per heavy atom. The Morgan fingerprint density at radius 3 is 2.66 bits per heavy atom. The lowest BCUT2D eigenvalue weighted by atomic mass is 9.99. The van der Waals surface area contributed by atoms with Crippen molar-refractivity contribution in [1.29, 1.82) is 0 Å². The summed E-state index contributed by atoms with van der Waals surface area (Å²) < 4.78 is 11.4. The second kappa shape index (κ2) is 9.42. The molecule has 7 heteroatoms. The first-order chi connectivity index (χ1) is 15.7. The van der Waals surface area contributed by atoms with E-state index in [4.69, 9.17) is 14.6 Å². The molecule has 5 rings (SSSR count). The number of aliphatic hydroxyl groups excluding tert-OH is 1. The van der Waals surface area contributed by atoms with Gasteiger partial charge in [-0.3, -0.25) is 14.6 Å². The zero-order valence-electron chi connectivity index (χ0n) is 18.2. The van der Waals surface area contributed by atoms with E-state index in [9.17, 15) is 4.79 Å². The number of hydrogen-bond acceptors (Lipinski definition) is 6. The maximum absolute atomic E-state index is 12.6. The lowest BCUT2D eigenvalue weighted by molar-refractivity contribution is -0.110. The number of aliphatic hydroxyl groups is 1. The van der Waals surface area contributed by atoms with Crippen LogP contribution in [0, 0.1) is 0 Å². The van der Waals surface area contributed by atoms with Crippen LogP contribution < -0.4 is 5.32 Å². The second-order valence-corrected chi connectivity index (χ2v) is 8.44. The van der Waals surface area contributed by atoms with Crippen molar-refractivity contribution in [3.63, 3.8) is 0 Å².